The molecule has 1 aromatic heterocycles. The van der Waals surface area contributed by atoms with Gasteiger partial charge >= 0.3 is 0 Å². The Balaban J connectivity index is 1.52. The zero-order valence-electron chi connectivity index (χ0n) is 14.5. The lowest BCUT2D eigenvalue weighted by Crippen LogP contribution is -2.31. The molecule has 26 heavy (non-hydrogen) atoms. The summed E-state index contributed by atoms with van der Waals surface area (Å²) in [6.07, 6.45) is 8.10. The van der Waals surface area contributed by atoms with Crippen LogP contribution in [-0.4, -0.2) is 29.5 Å². The lowest BCUT2D eigenvalue weighted by Gasteiger charge is -2.26. The maximum Gasteiger partial charge on any atom is 0.222 e. The molecular weight excluding hydrogens is 348 g/mol. The average molecular weight is 369 g/mol. The number of allylic oxidation sites excluding steroid dienone is 1. The van der Waals surface area contributed by atoms with Gasteiger partial charge in [0, 0.05) is 28.9 Å². The molecule has 2 aromatic rings. The van der Waals surface area contributed by atoms with Crippen LogP contribution in [-0.2, 0) is 9.47 Å². The van der Waals surface area contributed by atoms with Crippen LogP contribution in [0.1, 0.15) is 24.8 Å². The number of halogens is 1. The SMILES string of the molecule is C=CCCCC1COC(C#Cc2cnc(-c3ccc(Cl)cc3)nc2)OC1. The molecule has 4 nitrogen and oxygen atoms in total. The van der Waals surface area contributed by atoms with Crippen LogP contribution in [0.2, 0.25) is 5.02 Å². The lowest BCUT2D eigenvalue weighted by atomic mass is 10.0. The second-order valence-electron chi connectivity index (χ2n) is 6.16. The Morgan fingerprint density at radius 1 is 1.15 bits per heavy atom. The van der Waals surface area contributed by atoms with Crippen molar-refractivity contribution >= 4 is 11.6 Å². The zero-order chi connectivity index (χ0) is 18.2. The fraction of sp³-hybridized carbons (Fsp3) is 0.333. The van der Waals surface area contributed by atoms with Crippen molar-refractivity contribution in [3.8, 4) is 23.2 Å². The highest BCUT2D eigenvalue weighted by Crippen LogP contribution is 2.18. The third kappa shape index (κ3) is 5.40. The molecule has 1 saturated heterocycles. The van der Waals surface area contributed by atoms with Gasteiger partial charge in [-0.2, -0.15) is 0 Å². The van der Waals surface area contributed by atoms with Crippen LogP contribution < -0.4 is 0 Å². The van der Waals surface area contributed by atoms with Crippen LogP contribution in [0.25, 0.3) is 11.4 Å². The van der Waals surface area contributed by atoms with Gasteiger partial charge in [-0.25, -0.2) is 9.97 Å². The van der Waals surface area contributed by atoms with Gasteiger partial charge in [0.1, 0.15) is 0 Å². The monoisotopic (exact) mass is 368 g/mol. The third-order valence-corrected chi connectivity index (χ3v) is 4.33. The van der Waals surface area contributed by atoms with E-state index in [-0.39, 0.29) is 0 Å². The maximum atomic E-state index is 5.89. The van der Waals surface area contributed by atoms with Crippen LogP contribution in [0.3, 0.4) is 0 Å². The van der Waals surface area contributed by atoms with Crippen LogP contribution in [0.15, 0.2) is 49.3 Å². The molecule has 0 atom stereocenters. The van der Waals surface area contributed by atoms with E-state index in [1.54, 1.807) is 12.4 Å². The largest absolute Gasteiger partial charge is 0.342 e. The first kappa shape index (κ1) is 18.6. The van der Waals surface area contributed by atoms with Gasteiger partial charge in [0.2, 0.25) is 6.29 Å². The molecule has 0 saturated carbocycles. The summed E-state index contributed by atoms with van der Waals surface area (Å²) in [6.45, 7) is 5.10. The molecule has 2 heterocycles. The van der Waals surface area contributed by atoms with E-state index in [0.29, 0.717) is 30.0 Å². The Morgan fingerprint density at radius 3 is 2.50 bits per heavy atom. The quantitative estimate of drug-likeness (QED) is 0.443. The molecule has 1 aliphatic heterocycles. The van der Waals surface area contributed by atoms with E-state index in [1.807, 2.05) is 30.3 Å². The van der Waals surface area contributed by atoms with Crippen LogP contribution in [0.4, 0.5) is 0 Å². The summed E-state index contributed by atoms with van der Waals surface area (Å²) in [4.78, 5) is 8.70. The molecule has 134 valence electrons. The fourth-order valence-corrected chi connectivity index (χ4v) is 2.75. The molecule has 0 N–H and O–H groups in total. The summed E-state index contributed by atoms with van der Waals surface area (Å²) in [5, 5.41) is 0.687. The summed E-state index contributed by atoms with van der Waals surface area (Å²) in [5.41, 5.74) is 1.64. The third-order valence-electron chi connectivity index (χ3n) is 4.08. The molecule has 0 spiro atoms. The minimum absolute atomic E-state index is 0.440. The molecule has 0 unspecified atom stereocenters. The predicted molar refractivity (Wildman–Crippen MR) is 103 cm³/mol. The van der Waals surface area contributed by atoms with Crippen LogP contribution >= 0.6 is 11.6 Å². The van der Waals surface area contributed by atoms with E-state index >= 15 is 0 Å². The minimum Gasteiger partial charge on any atom is -0.342 e. The smallest absolute Gasteiger partial charge is 0.222 e. The molecule has 0 bridgehead atoms. The highest BCUT2D eigenvalue weighted by molar-refractivity contribution is 6.30. The van der Waals surface area contributed by atoms with Gasteiger partial charge in [0.15, 0.2) is 5.82 Å². The standard InChI is InChI=1S/C21H21ClN2O2/c1-2-3-4-5-17-14-25-20(26-15-17)11-6-16-12-23-21(24-13-16)18-7-9-19(22)10-8-18/h2,7-10,12-13,17,20H,1,3-5,14-15H2. The Morgan fingerprint density at radius 2 is 1.85 bits per heavy atom. The van der Waals surface area contributed by atoms with Crippen molar-refractivity contribution < 1.29 is 9.47 Å². The number of benzene rings is 1. The topological polar surface area (TPSA) is 44.2 Å². The average Bonchev–Trinajstić information content (AvgIpc) is 2.69. The first-order valence-electron chi connectivity index (χ1n) is 8.68. The van der Waals surface area contributed by atoms with Gasteiger partial charge in [0.05, 0.1) is 18.8 Å². The number of ether oxygens (including phenoxy) is 2. The fourth-order valence-electron chi connectivity index (χ4n) is 2.63. The van der Waals surface area contributed by atoms with Crippen LogP contribution in [0.5, 0.6) is 0 Å². The molecule has 1 aromatic carbocycles. The first-order valence-corrected chi connectivity index (χ1v) is 9.06. The molecule has 0 radical (unpaired) electrons. The second kappa shape index (κ2) is 9.49. The summed E-state index contributed by atoms with van der Waals surface area (Å²) < 4.78 is 11.3. The number of hydrogen-bond donors (Lipinski definition) is 0. The lowest BCUT2D eigenvalue weighted by molar-refractivity contribution is -0.170. The van der Waals surface area contributed by atoms with Crippen molar-refractivity contribution in [2.45, 2.75) is 25.6 Å². The number of hydrogen-bond acceptors (Lipinski definition) is 4. The van der Waals surface area contributed by atoms with E-state index in [0.717, 1.165) is 30.4 Å². The van der Waals surface area contributed by atoms with Gasteiger partial charge in [-0.05, 0) is 49.4 Å². The van der Waals surface area contributed by atoms with Crippen molar-refractivity contribution in [1.82, 2.24) is 9.97 Å². The highest BCUT2D eigenvalue weighted by Gasteiger charge is 2.20. The van der Waals surface area contributed by atoms with Crippen molar-refractivity contribution in [2.75, 3.05) is 13.2 Å². The Kier molecular flexibility index (Phi) is 6.79. The van der Waals surface area contributed by atoms with Gasteiger partial charge in [-0.3, -0.25) is 0 Å². The molecule has 1 fully saturated rings. The normalized spacial score (nSPS) is 19.4. The predicted octanol–water partition coefficient (Wildman–Crippen LogP) is 4.49. The highest BCUT2D eigenvalue weighted by atomic mass is 35.5. The molecule has 5 heteroatoms. The van der Waals surface area contributed by atoms with Gasteiger partial charge < -0.3 is 9.47 Å². The Bertz CT molecular complexity index is 770. The molecule has 1 aliphatic rings. The van der Waals surface area contributed by atoms with E-state index < -0.39 is 6.29 Å². The molecule has 0 aliphatic carbocycles. The van der Waals surface area contributed by atoms with Crippen LogP contribution in [0, 0.1) is 17.8 Å². The maximum absolute atomic E-state index is 5.89. The Hall–Kier alpha value is -2.19. The summed E-state index contributed by atoms with van der Waals surface area (Å²) in [6, 6.07) is 7.41. The van der Waals surface area contributed by atoms with Gasteiger partial charge in [-0.15, -0.1) is 6.58 Å². The summed E-state index contributed by atoms with van der Waals surface area (Å²) in [7, 11) is 0. The summed E-state index contributed by atoms with van der Waals surface area (Å²) in [5.74, 6) is 7.07. The van der Waals surface area contributed by atoms with Crippen molar-refractivity contribution in [1.29, 1.82) is 0 Å². The van der Waals surface area contributed by atoms with Gasteiger partial charge in [0.25, 0.3) is 0 Å². The van der Waals surface area contributed by atoms with Crippen molar-refractivity contribution in [3.63, 3.8) is 0 Å². The first-order chi connectivity index (χ1) is 12.7. The minimum atomic E-state index is -0.485. The molecular formula is C21H21ClN2O2. The number of nitrogens with zero attached hydrogens (tertiary/aromatic N) is 2. The number of unbranched alkanes of at least 4 members (excludes halogenated alkanes) is 1. The second-order valence-corrected chi connectivity index (χ2v) is 6.59. The molecule has 3 rings (SSSR count). The van der Waals surface area contributed by atoms with E-state index in [9.17, 15) is 0 Å². The Labute approximate surface area is 159 Å². The van der Waals surface area contributed by atoms with Gasteiger partial charge in [-0.1, -0.05) is 23.6 Å². The number of rotatable bonds is 5. The van der Waals surface area contributed by atoms with E-state index in [1.165, 1.54) is 0 Å². The van der Waals surface area contributed by atoms with Crippen molar-refractivity contribution in [2.24, 2.45) is 5.92 Å². The molecule has 0 amide bonds. The van der Waals surface area contributed by atoms with E-state index in [4.69, 9.17) is 21.1 Å². The zero-order valence-corrected chi connectivity index (χ0v) is 15.3. The number of aromatic nitrogens is 2. The van der Waals surface area contributed by atoms with Crippen molar-refractivity contribution in [3.05, 3.63) is 59.9 Å². The summed E-state index contributed by atoms with van der Waals surface area (Å²) >= 11 is 5.89. The van der Waals surface area contributed by atoms with E-state index in [2.05, 4.69) is 28.4 Å².